The van der Waals surface area contributed by atoms with Crippen molar-refractivity contribution in [1.29, 1.82) is 0 Å². The fraction of sp³-hybridized carbons (Fsp3) is 1.00. The third-order valence-electron chi connectivity index (χ3n) is 2.58. The Balaban J connectivity index is 2.39. The number of hydrogen-bond donors (Lipinski definition) is 0. The van der Waals surface area contributed by atoms with E-state index in [4.69, 9.17) is 0 Å². The summed E-state index contributed by atoms with van der Waals surface area (Å²) in [5.41, 5.74) is 0.794. The van der Waals surface area contributed by atoms with E-state index in [2.05, 4.69) is 49.3 Å². The highest BCUT2D eigenvalue weighted by atomic mass is 27.1. The average molecular weight is 184 g/mol. The molecule has 3 heteroatoms. The first kappa shape index (κ1) is 10.5. The Hall–Kier alpha value is 0.452. The minimum absolute atomic E-state index is 0.109. The van der Waals surface area contributed by atoms with E-state index in [1.165, 1.54) is 6.67 Å². The molecule has 0 saturated carbocycles. The molecule has 2 nitrogen and oxygen atoms in total. The molecular formula is C9H21AlN2. The van der Waals surface area contributed by atoms with E-state index >= 15 is 0 Å². The highest BCUT2D eigenvalue weighted by Crippen LogP contribution is 2.25. The summed E-state index contributed by atoms with van der Waals surface area (Å²) >= 11 is -0.109. The van der Waals surface area contributed by atoms with Crippen LogP contribution in [0.15, 0.2) is 0 Å². The Labute approximate surface area is 83.1 Å². The molecule has 1 aliphatic rings. The first-order valence-corrected chi connectivity index (χ1v) is 5.98. The van der Waals surface area contributed by atoms with Gasteiger partial charge in [-0.3, -0.25) is 0 Å². The maximum absolute atomic E-state index is 2.62. The van der Waals surface area contributed by atoms with Crippen LogP contribution in [0.1, 0.15) is 41.5 Å². The van der Waals surface area contributed by atoms with Crippen molar-refractivity contribution in [2.24, 2.45) is 0 Å². The van der Waals surface area contributed by atoms with Crippen LogP contribution in [-0.4, -0.2) is 41.2 Å². The molecule has 1 heterocycles. The van der Waals surface area contributed by atoms with Crippen molar-refractivity contribution in [2.45, 2.75) is 52.6 Å². The zero-order chi connectivity index (χ0) is 9.57. The first-order chi connectivity index (χ1) is 5.21. The lowest BCUT2D eigenvalue weighted by atomic mass is 10.1. The van der Waals surface area contributed by atoms with Crippen molar-refractivity contribution >= 4 is 15.7 Å². The SMILES string of the molecule is CC(C)(C)[N]1C[N](C(C)(C)C)[AlH]1. The minimum Gasteiger partial charge on any atom is -0.359 e. The van der Waals surface area contributed by atoms with Crippen LogP contribution >= 0.6 is 0 Å². The highest BCUT2D eigenvalue weighted by Gasteiger charge is 2.39. The van der Waals surface area contributed by atoms with Crippen molar-refractivity contribution in [1.82, 2.24) is 7.77 Å². The maximum atomic E-state index is 2.62. The van der Waals surface area contributed by atoms with Gasteiger partial charge in [-0.15, -0.1) is 0 Å². The smallest absolute Gasteiger partial charge is 0.359 e. The predicted molar refractivity (Wildman–Crippen MR) is 55.2 cm³/mol. The Bertz CT molecular complexity index is 142. The van der Waals surface area contributed by atoms with Crippen LogP contribution in [0.4, 0.5) is 0 Å². The maximum Gasteiger partial charge on any atom is 0.465 e. The summed E-state index contributed by atoms with van der Waals surface area (Å²) in [5, 5.41) is 0. The summed E-state index contributed by atoms with van der Waals surface area (Å²) in [6, 6.07) is 0. The molecule has 0 aromatic carbocycles. The molecule has 0 aromatic heterocycles. The van der Waals surface area contributed by atoms with Gasteiger partial charge in [0.15, 0.2) is 0 Å². The Morgan fingerprint density at radius 3 is 1.25 bits per heavy atom. The van der Waals surface area contributed by atoms with Gasteiger partial charge < -0.3 is 7.77 Å². The molecule has 1 fully saturated rings. The molecule has 0 spiro atoms. The van der Waals surface area contributed by atoms with Crippen LogP contribution < -0.4 is 0 Å². The number of hydrogen-bond acceptors (Lipinski definition) is 2. The lowest BCUT2D eigenvalue weighted by molar-refractivity contribution is 0.0578. The molecule has 70 valence electrons. The Morgan fingerprint density at radius 1 is 0.833 bits per heavy atom. The molecule has 0 aromatic rings. The summed E-state index contributed by atoms with van der Waals surface area (Å²) in [7, 11) is 0. The van der Waals surface area contributed by atoms with E-state index < -0.39 is 0 Å². The third kappa shape index (κ3) is 2.23. The normalized spacial score (nSPS) is 21.8. The minimum atomic E-state index is -0.109. The number of nitrogens with zero attached hydrogens (tertiary/aromatic N) is 2. The van der Waals surface area contributed by atoms with Gasteiger partial charge in [0.2, 0.25) is 0 Å². The molecule has 1 rings (SSSR count). The van der Waals surface area contributed by atoms with Crippen molar-refractivity contribution in [3.63, 3.8) is 0 Å². The van der Waals surface area contributed by atoms with Gasteiger partial charge in [0, 0.05) is 6.67 Å². The molecule has 0 atom stereocenters. The van der Waals surface area contributed by atoms with E-state index in [1.807, 2.05) is 0 Å². The van der Waals surface area contributed by atoms with Crippen LogP contribution in [-0.2, 0) is 0 Å². The molecule has 0 bridgehead atoms. The van der Waals surface area contributed by atoms with E-state index in [-0.39, 0.29) is 15.7 Å². The average Bonchev–Trinajstić information content (AvgIpc) is 1.46. The van der Waals surface area contributed by atoms with E-state index in [0.29, 0.717) is 11.1 Å². The fourth-order valence-corrected chi connectivity index (χ4v) is 2.74. The van der Waals surface area contributed by atoms with Crippen LogP contribution in [0.2, 0.25) is 0 Å². The van der Waals surface area contributed by atoms with Gasteiger partial charge in [0.25, 0.3) is 0 Å². The molecule has 0 radical (unpaired) electrons. The van der Waals surface area contributed by atoms with Gasteiger partial charge in [-0.2, -0.15) is 0 Å². The predicted octanol–water partition coefficient (Wildman–Crippen LogP) is 1.43. The van der Waals surface area contributed by atoms with Gasteiger partial charge in [-0.05, 0) is 52.6 Å². The van der Waals surface area contributed by atoms with Gasteiger partial charge in [0.1, 0.15) is 0 Å². The van der Waals surface area contributed by atoms with Crippen LogP contribution in [0.5, 0.6) is 0 Å². The van der Waals surface area contributed by atoms with E-state index in [1.54, 1.807) is 0 Å². The van der Waals surface area contributed by atoms with Crippen LogP contribution in [0.25, 0.3) is 0 Å². The summed E-state index contributed by atoms with van der Waals surface area (Å²) < 4.78 is 5.25. The van der Waals surface area contributed by atoms with Crippen molar-refractivity contribution in [3.05, 3.63) is 0 Å². The molecule has 12 heavy (non-hydrogen) atoms. The lowest BCUT2D eigenvalue weighted by Crippen LogP contribution is -2.69. The molecule has 0 aliphatic carbocycles. The van der Waals surface area contributed by atoms with Crippen LogP contribution in [0, 0.1) is 0 Å². The van der Waals surface area contributed by atoms with Gasteiger partial charge in [0.05, 0.1) is 0 Å². The van der Waals surface area contributed by atoms with Crippen molar-refractivity contribution in [3.8, 4) is 0 Å². The highest BCUT2D eigenvalue weighted by molar-refractivity contribution is 6.32. The molecule has 1 saturated heterocycles. The quantitative estimate of drug-likeness (QED) is 0.525. The summed E-state index contributed by atoms with van der Waals surface area (Å²) in [6.45, 7) is 15.0. The molecule has 1 aliphatic heterocycles. The summed E-state index contributed by atoms with van der Waals surface area (Å²) in [4.78, 5) is 0. The van der Waals surface area contributed by atoms with E-state index in [0.717, 1.165) is 0 Å². The Kier molecular flexibility index (Phi) is 2.63. The monoisotopic (exact) mass is 184 g/mol. The van der Waals surface area contributed by atoms with Gasteiger partial charge in [-0.1, -0.05) is 0 Å². The molecule has 0 unspecified atom stereocenters. The largest absolute Gasteiger partial charge is 0.465 e. The lowest BCUT2D eigenvalue weighted by Gasteiger charge is -2.55. The van der Waals surface area contributed by atoms with Crippen molar-refractivity contribution in [2.75, 3.05) is 6.67 Å². The molecule has 0 N–H and O–H groups in total. The van der Waals surface area contributed by atoms with Gasteiger partial charge >= 0.3 is 15.7 Å². The second kappa shape index (κ2) is 2.99. The summed E-state index contributed by atoms with van der Waals surface area (Å²) in [5.74, 6) is 0. The molecule has 0 amide bonds. The number of rotatable bonds is 0. The second-order valence-corrected chi connectivity index (χ2v) is 7.51. The van der Waals surface area contributed by atoms with Crippen LogP contribution in [0.3, 0.4) is 0 Å². The Morgan fingerprint density at radius 2 is 1.08 bits per heavy atom. The van der Waals surface area contributed by atoms with E-state index in [9.17, 15) is 0 Å². The zero-order valence-electron chi connectivity index (χ0n) is 9.31. The second-order valence-electron chi connectivity index (χ2n) is 5.70. The first-order valence-electron chi connectivity index (χ1n) is 4.71. The topological polar surface area (TPSA) is 6.48 Å². The third-order valence-corrected chi connectivity index (χ3v) is 5.56. The zero-order valence-corrected chi connectivity index (χ0v) is 10.7. The van der Waals surface area contributed by atoms with Gasteiger partial charge in [-0.25, -0.2) is 0 Å². The van der Waals surface area contributed by atoms with Crippen molar-refractivity contribution < 1.29 is 0 Å². The molecular weight excluding hydrogens is 163 g/mol. The standard InChI is InChI=1S/C9H20N2.Al.H/c1-8(2,3)10-7-11-9(4,5)6;;/h7H2,1-6H3;;/q-2;+2;. The fourth-order valence-electron chi connectivity index (χ4n) is 1.22. The summed E-state index contributed by atoms with van der Waals surface area (Å²) in [6.07, 6.45) is 0.